The van der Waals surface area contributed by atoms with E-state index >= 15 is 0 Å². The summed E-state index contributed by atoms with van der Waals surface area (Å²) in [5, 5.41) is 14.1. The van der Waals surface area contributed by atoms with Gasteiger partial charge in [0.25, 0.3) is 0 Å². The highest BCUT2D eigenvalue weighted by Crippen LogP contribution is 2.17. The SMILES string of the molecule is O=C(O)CC(NC(=O)Nc1ccc(F)cc1)c1ccccc1. The molecule has 0 saturated carbocycles. The summed E-state index contributed by atoms with van der Waals surface area (Å²) in [6, 6.07) is 12.9. The Labute approximate surface area is 126 Å². The molecule has 0 radical (unpaired) electrons. The number of carboxylic acids is 1. The zero-order chi connectivity index (χ0) is 15.9. The van der Waals surface area contributed by atoms with Gasteiger partial charge in [-0.2, -0.15) is 0 Å². The first-order chi connectivity index (χ1) is 10.5. The number of carboxylic acid groups (broad SMARTS) is 1. The molecule has 0 saturated heterocycles. The first-order valence-electron chi connectivity index (χ1n) is 6.64. The van der Waals surface area contributed by atoms with Gasteiger partial charge in [0.1, 0.15) is 5.82 Å². The zero-order valence-corrected chi connectivity index (χ0v) is 11.6. The highest BCUT2D eigenvalue weighted by molar-refractivity contribution is 5.89. The fourth-order valence-corrected chi connectivity index (χ4v) is 1.97. The molecular weight excluding hydrogens is 287 g/mol. The highest BCUT2D eigenvalue weighted by Gasteiger charge is 2.17. The van der Waals surface area contributed by atoms with Crippen molar-refractivity contribution in [3.63, 3.8) is 0 Å². The lowest BCUT2D eigenvalue weighted by Crippen LogP contribution is -2.33. The zero-order valence-electron chi connectivity index (χ0n) is 11.6. The lowest BCUT2D eigenvalue weighted by molar-refractivity contribution is -0.137. The minimum Gasteiger partial charge on any atom is -0.481 e. The van der Waals surface area contributed by atoms with Gasteiger partial charge >= 0.3 is 12.0 Å². The van der Waals surface area contributed by atoms with E-state index in [0.29, 0.717) is 11.3 Å². The molecule has 0 heterocycles. The van der Waals surface area contributed by atoms with E-state index in [1.54, 1.807) is 30.3 Å². The van der Waals surface area contributed by atoms with Crippen molar-refractivity contribution in [2.75, 3.05) is 5.32 Å². The van der Waals surface area contributed by atoms with E-state index in [0.717, 1.165) is 0 Å². The molecule has 0 aliphatic heterocycles. The van der Waals surface area contributed by atoms with Gasteiger partial charge in [0, 0.05) is 5.69 Å². The van der Waals surface area contributed by atoms with Crippen molar-refractivity contribution < 1.29 is 19.1 Å². The summed E-state index contributed by atoms with van der Waals surface area (Å²) in [4.78, 5) is 22.9. The van der Waals surface area contributed by atoms with Gasteiger partial charge in [-0.05, 0) is 29.8 Å². The fraction of sp³-hybridized carbons (Fsp3) is 0.125. The Kier molecular flexibility index (Phi) is 5.08. The van der Waals surface area contributed by atoms with E-state index in [1.165, 1.54) is 24.3 Å². The van der Waals surface area contributed by atoms with Crippen molar-refractivity contribution in [3.8, 4) is 0 Å². The Morgan fingerprint density at radius 2 is 1.68 bits per heavy atom. The van der Waals surface area contributed by atoms with Crippen molar-refractivity contribution >= 4 is 17.7 Å². The Balaban J connectivity index is 2.04. The molecule has 5 nitrogen and oxygen atoms in total. The molecule has 0 fully saturated rings. The summed E-state index contributed by atoms with van der Waals surface area (Å²) in [6.45, 7) is 0. The molecule has 2 amide bonds. The summed E-state index contributed by atoms with van der Waals surface area (Å²) in [5.74, 6) is -1.42. The maximum atomic E-state index is 12.8. The van der Waals surface area contributed by atoms with Gasteiger partial charge in [0.05, 0.1) is 12.5 Å². The van der Waals surface area contributed by atoms with Crippen molar-refractivity contribution in [2.24, 2.45) is 0 Å². The molecular formula is C16H15FN2O3. The van der Waals surface area contributed by atoms with Gasteiger partial charge in [-0.15, -0.1) is 0 Å². The molecule has 22 heavy (non-hydrogen) atoms. The number of benzene rings is 2. The van der Waals surface area contributed by atoms with Crippen LogP contribution < -0.4 is 10.6 Å². The van der Waals surface area contributed by atoms with Gasteiger partial charge < -0.3 is 15.7 Å². The molecule has 6 heteroatoms. The Bertz CT molecular complexity index is 644. The molecule has 0 aliphatic rings. The van der Waals surface area contributed by atoms with Crippen LogP contribution in [0, 0.1) is 5.82 Å². The molecule has 1 unspecified atom stereocenters. The first kappa shape index (κ1) is 15.5. The minimum atomic E-state index is -1.02. The monoisotopic (exact) mass is 302 g/mol. The van der Waals surface area contributed by atoms with Crippen molar-refractivity contribution in [2.45, 2.75) is 12.5 Å². The number of amides is 2. The van der Waals surface area contributed by atoms with Crippen molar-refractivity contribution in [3.05, 3.63) is 66.0 Å². The fourth-order valence-electron chi connectivity index (χ4n) is 1.97. The molecule has 114 valence electrons. The maximum Gasteiger partial charge on any atom is 0.319 e. The molecule has 0 aliphatic carbocycles. The second-order valence-electron chi connectivity index (χ2n) is 4.67. The van der Waals surface area contributed by atoms with E-state index in [-0.39, 0.29) is 6.42 Å². The highest BCUT2D eigenvalue weighted by atomic mass is 19.1. The number of urea groups is 1. The van der Waals surface area contributed by atoms with Crippen LogP contribution in [0.15, 0.2) is 54.6 Å². The van der Waals surface area contributed by atoms with Crippen LogP contribution in [-0.2, 0) is 4.79 Å². The number of aliphatic carboxylic acids is 1. The topological polar surface area (TPSA) is 78.4 Å². The first-order valence-corrected chi connectivity index (χ1v) is 6.64. The summed E-state index contributed by atoms with van der Waals surface area (Å²) in [6.07, 6.45) is -0.235. The van der Waals surface area contributed by atoms with Crippen LogP contribution in [0.1, 0.15) is 18.0 Å². The Hall–Kier alpha value is -2.89. The summed E-state index contributed by atoms with van der Waals surface area (Å²) in [7, 11) is 0. The Morgan fingerprint density at radius 1 is 1.05 bits per heavy atom. The van der Waals surface area contributed by atoms with E-state index < -0.39 is 23.9 Å². The third-order valence-electron chi connectivity index (χ3n) is 2.99. The smallest absolute Gasteiger partial charge is 0.319 e. The standard InChI is InChI=1S/C16H15FN2O3/c17-12-6-8-13(9-7-12)18-16(22)19-14(10-15(20)21)11-4-2-1-3-5-11/h1-9,14H,10H2,(H,20,21)(H2,18,19,22). The van der Waals surface area contributed by atoms with Gasteiger partial charge in [-0.1, -0.05) is 30.3 Å². The quantitative estimate of drug-likeness (QED) is 0.794. The van der Waals surface area contributed by atoms with Crippen LogP contribution >= 0.6 is 0 Å². The lowest BCUT2D eigenvalue weighted by atomic mass is 10.0. The van der Waals surface area contributed by atoms with Crippen LogP contribution in [0.2, 0.25) is 0 Å². The van der Waals surface area contributed by atoms with E-state index in [2.05, 4.69) is 10.6 Å². The van der Waals surface area contributed by atoms with E-state index in [4.69, 9.17) is 5.11 Å². The third kappa shape index (κ3) is 4.59. The van der Waals surface area contributed by atoms with Crippen LogP contribution in [0.25, 0.3) is 0 Å². The largest absolute Gasteiger partial charge is 0.481 e. The lowest BCUT2D eigenvalue weighted by Gasteiger charge is -2.18. The molecule has 2 aromatic rings. The number of anilines is 1. The van der Waals surface area contributed by atoms with Crippen molar-refractivity contribution in [1.82, 2.24) is 5.32 Å². The molecule has 2 aromatic carbocycles. The van der Waals surface area contributed by atoms with Gasteiger partial charge in [-0.3, -0.25) is 4.79 Å². The summed E-state index contributed by atoms with van der Waals surface area (Å²) in [5.41, 5.74) is 1.11. The summed E-state index contributed by atoms with van der Waals surface area (Å²) < 4.78 is 12.8. The van der Waals surface area contributed by atoms with E-state index in [9.17, 15) is 14.0 Å². The third-order valence-corrected chi connectivity index (χ3v) is 2.99. The average Bonchev–Trinajstić information content (AvgIpc) is 2.49. The number of rotatable bonds is 5. The molecule has 1 atom stereocenters. The number of halogens is 1. The predicted molar refractivity (Wildman–Crippen MR) is 80.0 cm³/mol. The number of carbonyl (C=O) groups excluding carboxylic acids is 1. The molecule has 0 spiro atoms. The maximum absolute atomic E-state index is 12.8. The van der Waals surface area contributed by atoms with Gasteiger partial charge in [0.2, 0.25) is 0 Å². The van der Waals surface area contributed by atoms with Crippen LogP contribution in [0.5, 0.6) is 0 Å². The van der Waals surface area contributed by atoms with Crippen LogP contribution in [-0.4, -0.2) is 17.1 Å². The van der Waals surface area contributed by atoms with Crippen LogP contribution in [0.3, 0.4) is 0 Å². The van der Waals surface area contributed by atoms with Crippen LogP contribution in [0.4, 0.5) is 14.9 Å². The minimum absolute atomic E-state index is 0.235. The normalized spacial score (nSPS) is 11.5. The van der Waals surface area contributed by atoms with E-state index in [1.807, 2.05) is 0 Å². The molecule has 0 bridgehead atoms. The molecule has 2 rings (SSSR count). The predicted octanol–water partition coefficient (Wildman–Crippen LogP) is 3.16. The second kappa shape index (κ2) is 7.21. The average molecular weight is 302 g/mol. The number of hydrogen-bond donors (Lipinski definition) is 3. The molecule has 3 N–H and O–H groups in total. The number of hydrogen-bond acceptors (Lipinski definition) is 2. The van der Waals surface area contributed by atoms with Crippen molar-refractivity contribution in [1.29, 1.82) is 0 Å². The summed E-state index contributed by atoms with van der Waals surface area (Å²) >= 11 is 0. The van der Waals surface area contributed by atoms with Gasteiger partial charge in [0.15, 0.2) is 0 Å². The number of carbonyl (C=O) groups is 2. The Morgan fingerprint density at radius 3 is 2.27 bits per heavy atom. The van der Waals surface area contributed by atoms with Gasteiger partial charge in [-0.25, -0.2) is 9.18 Å². The number of nitrogens with one attached hydrogen (secondary N) is 2. The molecule has 0 aromatic heterocycles. The second-order valence-corrected chi connectivity index (χ2v) is 4.67.